The molecule has 0 bridgehead atoms. The van der Waals surface area contributed by atoms with Gasteiger partial charge in [-0.05, 0) is 18.4 Å². The fourth-order valence-electron chi connectivity index (χ4n) is 2.71. The zero-order chi connectivity index (χ0) is 16.7. The third-order valence-electron chi connectivity index (χ3n) is 3.93. The van der Waals surface area contributed by atoms with Gasteiger partial charge in [0.25, 0.3) is 0 Å². The lowest BCUT2D eigenvalue weighted by Gasteiger charge is -2.24. The third kappa shape index (κ3) is 5.39. The van der Waals surface area contributed by atoms with Gasteiger partial charge in [-0.2, -0.15) is 0 Å². The number of hydrogen-bond donors (Lipinski definition) is 2. The Kier molecular flexibility index (Phi) is 6.14. The molecule has 1 unspecified atom stereocenters. The highest BCUT2D eigenvalue weighted by Gasteiger charge is 2.27. The highest BCUT2D eigenvalue weighted by atomic mass is 16.2. The summed E-state index contributed by atoms with van der Waals surface area (Å²) in [5.74, 6) is -0.901. The first kappa shape index (κ1) is 17.0. The van der Waals surface area contributed by atoms with Crippen LogP contribution in [0, 0.1) is 0 Å². The van der Waals surface area contributed by atoms with Crippen molar-refractivity contribution >= 4 is 17.7 Å². The average Bonchev–Trinajstić information content (AvgIpc) is 3.07. The molecule has 3 N–H and O–H groups in total. The number of nitrogens with two attached hydrogens (primary N) is 1. The molecule has 0 spiro atoms. The number of likely N-dealkylation sites (tertiary alicyclic amines) is 1. The first-order valence-corrected chi connectivity index (χ1v) is 7.96. The normalized spacial score (nSPS) is 15.2. The van der Waals surface area contributed by atoms with E-state index in [0.717, 1.165) is 31.5 Å². The van der Waals surface area contributed by atoms with Crippen molar-refractivity contribution in [3.63, 3.8) is 0 Å². The van der Waals surface area contributed by atoms with E-state index in [0.29, 0.717) is 6.42 Å². The first-order chi connectivity index (χ1) is 11.1. The molecule has 1 aliphatic heterocycles. The van der Waals surface area contributed by atoms with E-state index < -0.39 is 11.9 Å². The zero-order valence-corrected chi connectivity index (χ0v) is 13.2. The minimum absolute atomic E-state index is 0.00784. The van der Waals surface area contributed by atoms with Gasteiger partial charge in [-0.25, -0.2) is 0 Å². The Morgan fingerprint density at radius 2 is 1.74 bits per heavy atom. The van der Waals surface area contributed by atoms with E-state index in [1.165, 1.54) is 0 Å². The topological polar surface area (TPSA) is 92.5 Å². The van der Waals surface area contributed by atoms with Crippen LogP contribution < -0.4 is 11.1 Å². The maximum Gasteiger partial charge on any atom is 0.245 e. The molecule has 2 rings (SSSR count). The van der Waals surface area contributed by atoms with Crippen molar-refractivity contribution < 1.29 is 14.4 Å². The van der Waals surface area contributed by atoms with Crippen molar-refractivity contribution in [3.05, 3.63) is 35.9 Å². The summed E-state index contributed by atoms with van der Waals surface area (Å²) < 4.78 is 0. The fraction of sp³-hybridized carbons (Fsp3) is 0.471. The van der Waals surface area contributed by atoms with E-state index in [4.69, 9.17) is 5.73 Å². The van der Waals surface area contributed by atoms with Crippen molar-refractivity contribution in [2.24, 2.45) is 5.73 Å². The van der Waals surface area contributed by atoms with Crippen LogP contribution in [-0.2, 0) is 20.8 Å². The Bertz CT molecular complexity index is 553. The van der Waals surface area contributed by atoms with Crippen LogP contribution in [-0.4, -0.2) is 41.8 Å². The Hall–Kier alpha value is -2.37. The van der Waals surface area contributed by atoms with Gasteiger partial charge in [-0.15, -0.1) is 0 Å². The lowest BCUT2D eigenvalue weighted by molar-refractivity contribution is -0.135. The van der Waals surface area contributed by atoms with Gasteiger partial charge in [0, 0.05) is 32.4 Å². The molecule has 1 aromatic rings. The summed E-state index contributed by atoms with van der Waals surface area (Å²) in [5.41, 5.74) is 6.05. The van der Waals surface area contributed by atoms with Gasteiger partial charge in [0.2, 0.25) is 17.7 Å². The number of primary amides is 1. The second-order valence-corrected chi connectivity index (χ2v) is 5.81. The molecular formula is C17H23N3O3. The van der Waals surface area contributed by atoms with Gasteiger partial charge < -0.3 is 16.0 Å². The van der Waals surface area contributed by atoms with Crippen LogP contribution in [0.1, 0.15) is 31.2 Å². The van der Waals surface area contributed by atoms with Crippen LogP contribution in [0.15, 0.2) is 30.3 Å². The van der Waals surface area contributed by atoms with Crippen LogP contribution in [0.4, 0.5) is 0 Å². The molecule has 1 atom stereocenters. The van der Waals surface area contributed by atoms with Crippen molar-refractivity contribution in [1.29, 1.82) is 0 Å². The molecule has 0 aliphatic carbocycles. The largest absolute Gasteiger partial charge is 0.370 e. The van der Waals surface area contributed by atoms with E-state index >= 15 is 0 Å². The molecule has 23 heavy (non-hydrogen) atoms. The summed E-state index contributed by atoms with van der Waals surface area (Å²) in [6.45, 7) is 1.47. The van der Waals surface area contributed by atoms with Gasteiger partial charge >= 0.3 is 0 Å². The van der Waals surface area contributed by atoms with Crippen molar-refractivity contribution in [2.75, 3.05) is 13.1 Å². The highest BCUT2D eigenvalue weighted by Crippen LogP contribution is 2.12. The lowest BCUT2D eigenvalue weighted by Crippen LogP contribution is -2.49. The molecule has 3 amide bonds. The summed E-state index contributed by atoms with van der Waals surface area (Å²) in [6.07, 6.45) is 2.44. The Balaban J connectivity index is 2.02. The van der Waals surface area contributed by atoms with E-state index in [9.17, 15) is 14.4 Å². The summed E-state index contributed by atoms with van der Waals surface area (Å²) >= 11 is 0. The molecule has 6 nitrogen and oxygen atoms in total. The SMILES string of the molecule is NC(=O)CCC(=O)NC(Cc1ccccc1)C(=O)N1CCCC1. The fourth-order valence-corrected chi connectivity index (χ4v) is 2.71. The molecule has 0 aromatic heterocycles. The van der Waals surface area contributed by atoms with Gasteiger partial charge in [-0.3, -0.25) is 14.4 Å². The van der Waals surface area contributed by atoms with E-state index in [2.05, 4.69) is 5.32 Å². The number of nitrogens with one attached hydrogen (secondary N) is 1. The molecule has 1 saturated heterocycles. The monoisotopic (exact) mass is 317 g/mol. The minimum Gasteiger partial charge on any atom is -0.370 e. The van der Waals surface area contributed by atoms with Crippen molar-refractivity contribution in [2.45, 2.75) is 38.1 Å². The maximum absolute atomic E-state index is 12.6. The van der Waals surface area contributed by atoms with Gasteiger partial charge in [0.05, 0.1) is 0 Å². The number of hydrogen-bond acceptors (Lipinski definition) is 3. The van der Waals surface area contributed by atoms with Gasteiger partial charge in [0.1, 0.15) is 6.04 Å². The number of amides is 3. The van der Waals surface area contributed by atoms with Crippen molar-refractivity contribution in [1.82, 2.24) is 10.2 Å². The number of rotatable bonds is 7. The average molecular weight is 317 g/mol. The van der Waals surface area contributed by atoms with Gasteiger partial charge in [-0.1, -0.05) is 30.3 Å². The quantitative estimate of drug-likeness (QED) is 0.771. The minimum atomic E-state index is -0.601. The van der Waals surface area contributed by atoms with E-state index in [-0.39, 0.29) is 24.7 Å². The number of carbonyl (C=O) groups excluding carboxylic acids is 3. The standard InChI is InChI=1S/C17H23N3O3/c18-15(21)8-9-16(22)19-14(12-13-6-2-1-3-7-13)17(23)20-10-4-5-11-20/h1-3,6-7,14H,4-5,8-12H2,(H2,18,21)(H,19,22). The van der Waals surface area contributed by atoms with Crippen LogP contribution >= 0.6 is 0 Å². The van der Waals surface area contributed by atoms with Crippen LogP contribution in [0.2, 0.25) is 0 Å². The van der Waals surface area contributed by atoms with E-state index in [1.54, 1.807) is 4.90 Å². The number of benzene rings is 1. The predicted octanol–water partition coefficient (Wildman–Crippen LogP) is 0.602. The summed E-state index contributed by atoms with van der Waals surface area (Å²) in [7, 11) is 0. The predicted molar refractivity (Wildman–Crippen MR) is 86.3 cm³/mol. The smallest absolute Gasteiger partial charge is 0.245 e. The molecular weight excluding hydrogens is 294 g/mol. The summed E-state index contributed by atoms with van der Waals surface area (Å²) in [6, 6.07) is 8.98. The molecule has 1 fully saturated rings. The second-order valence-electron chi connectivity index (χ2n) is 5.81. The third-order valence-corrected chi connectivity index (χ3v) is 3.93. The summed E-state index contributed by atoms with van der Waals surface area (Å²) in [4.78, 5) is 37.2. The maximum atomic E-state index is 12.6. The molecule has 0 radical (unpaired) electrons. The Morgan fingerprint density at radius 1 is 1.09 bits per heavy atom. The summed E-state index contributed by atoms with van der Waals surface area (Å²) in [5, 5.41) is 2.76. The van der Waals surface area contributed by atoms with Gasteiger partial charge in [0.15, 0.2) is 0 Å². The second kappa shape index (κ2) is 8.31. The molecule has 1 aromatic carbocycles. The van der Waals surface area contributed by atoms with Crippen LogP contribution in [0.25, 0.3) is 0 Å². The molecule has 1 heterocycles. The van der Waals surface area contributed by atoms with Crippen LogP contribution in [0.3, 0.4) is 0 Å². The molecule has 6 heteroatoms. The number of nitrogens with zero attached hydrogens (tertiary/aromatic N) is 1. The first-order valence-electron chi connectivity index (χ1n) is 7.96. The van der Waals surface area contributed by atoms with E-state index in [1.807, 2.05) is 30.3 Å². The van der Waals surface area contributed by atoms with Crippen LogP contribution in [0.5, 0.6) is 0 Å². The lowest BCUT2D eigenvalue weighted by atomic mass is 10.0. The highest BCUT2D eigenvalue weighted by molar-refractivity contribution is 5.89. The molecule has 1 aliphatic rings. The zero-order valence-electron chi connectivity index (χ0n) is 13.2. The molecule has 124 valence electrons. The Labute approximate surface area is 136 Å². The molecule has 0 saturated carbocycles. The number of carbonyl (C=O) groups is 3. The van der Waals surface area contributed by atoms with Crippen molar-refractivity contribution in [3.8, 4) is 0 Å². The Morgan fingerprint density at radius 3 is 2.35 bits per heavy atom.